The number of aryl methyl sites for hydroxylation is 2. The van der Waals surface area contributed by atoms with Gasteiger partial charge in [0.1, 0.15) is 5.03 Å². The third kappa shape index (κ3) is 2.83. The molecule has 0 aliphatic heterocycles. The zero-order valence-corrected chi connectivity index (χ0v) is 12.8. The van der Waals surface area contributed by atoms with Gasteiger partial charge in [-0.1, -0.05) is 36.0 Å². The van der Waals surface area contributed by atoms with Crippen LogP contribution >= 0.6 is 11.8 Å². The Labute approximate surface area is 128 Å². The van der Waals surface area contributed by atoms with Crippen LogP contribution in [0.15, 0.2) is 58.5 Å². The largest absolute Gasteiger partial charge is 0.298 e. The highest BCUT2D eigenvalue weighted by molar-refractivity contribution is 7.99. The fourth-order valence-corrected chi connectivity index (χ4v) is 3.13. The molecule has 3 rings (SSSR count). The molecule has 0 atom stereocenters. The van der Waals surface area contributed by atoms with Crippen LogP contribution in [0.1, 0.15) is 21.5 Å². The lowest BCUT2D eigenvalue weighted by atomic mass is 10.1. The minimum Gasteiger partial charge on any atom is -0.298 e. The van der Waals surface area contributed by atoms with Crippen LogP contribution < -0.4 is 0 Å². The average Bonchev–Trinajstić information content (AvgIpc) is 2.50. The number of aromatic nitrogens is 1. The molecule has 0 amide bonds. The van der Waals surface area contributed by atoms with Gasteiger partial charge < -0.3 is 0 Å². The molecule has 0 spiro atoms. The lowest BCUT2D eigenvalue weighted by Crippen LogP contribution is -1.92. The number of aldehydes is 1. The summed E-state index contributed by atoms with van der Waals surface area (Å²) in [7, 11) is 0. The first kappa shape index (κ1) is 13.8. The number of carbonyl (C=O) groups excluding carboxylic acids is 1. The van der Waals surface area contributed by atoms with Crippen LogP contribution in [-0.2, 0) is 0 Å². The highest BCUT2D eigenvalue weighted by Gasteiger charge is 2.08. The van der Waals surface area contributed by atoms with E-state index in [9.17, 15) is 4.79 Å². The lowest BCUT2D eigenvalue weighted by molar-refractivity contribution is 0.112. The van der Waals surface area contributed by atoms with Crippen LogP contribution in [0.25, 0.3) is 10.9 Å². The molecule has 0 saturated heterocycles. The van der Waals surface area contributed by atoms with Gasteiger partial charge in [-0.2, -0.15) is 0 Å². The second-order valence-corrected chi connectivity index (χ2v) is 6.10. The molecule has 104 valence electrons. The number of hydrogen-bond donors (Lipinski definition) is 0. The van der Waals surface area contributed by atoms with Crippen molar-refractivity contribution in [3.63, 3.8) is 0 Å². The van der Waals surface area contributed by atoms with E-state index in [1.165, 1.54) is 22.9 Å². The topological polar surface area (TPSA) is 30.0 Å². The van der Waals surface area contributed by atoms with Crippen molar-refractivity contribution in [3.05, 3.63) is 65.2 Å². The van der Waals surface area contributed by atoms with E-state index in [4.69, 9.17) is 0 Å². The third-order valence-electron chi connectivity index (χ3n) is 3.54. The van der Waals surface area contributed by atoms with Gasteiger partial charge >= 0.3 is 0 Å². The van der Waals surface area contributed by atoms with E-state index in [-0.39, 0.29) is 0 Å². The normalized spacial score (nSPS) is 10.8. The third-order valence-corrected chi connectivity index (χ3v) is 4.55. The standard InChI is InChI=1S/C18H15NOS/c1-12-7-8-16(9-13(12)2)21-18-15(11-20)10-14-5-3-4-6-17(14)19-18/h3-11H,1-2H3. The minimum absolute atomic E-state index is 0.636. The molecule has 0 bridgehead atoms. The van der Waals surface area contributed by atoms with Crippen LogP contribution in [0, 0.1) is 13.8 Å². The molecule has 2 aromatic carbocycles. The van der Waals surface area contributed by atoms with Crippen LogP contribution in [0.5, 0.6) is 0 Å². The molecule has 3 aromatic rings. The number of carbonyl (C=O) groups is 1. The summed E-state index contributed by atoms with van der Waals surface area (Å²) in [5.41, 5.74) is 4.06. The van der Waals surface area contributed by atoms with Crippen molar-refractivity contribution >= 4 is 29.0 Å². The van der Waals surface area contributed by atoms with Crippen molar-refractivity contribution < 1.29 is 4.79 Å². The van der Waals surface area contributed by atoms with Gasteiger partial charge in [-0.3, -0.25) is 4.79 Å². The molecule has 0 fully saturated rings. The number of hydrogen-bond acceptors (Lipinski definition) is 3. The van der Waals surface area contributed by atoms with Gasteiger partial charge in [-0.15, -0.1) is 0 Å². The molecule has 1 heterocycles. The number of nitrogens with zero attached hydrogens (tertiary/aromatic N) is 1. The van der Waals surface area contributed by atoms with Crippen molar-refractivity contribution in [3.8, 4) is 0 Å². The smallest absolute Gasteiger partial charge is 0.152 e. The quantitative estimate of drug-likeness (QED) is 0.649. The van der Waals surface area contributed by atoms with E-state index < -0.39 is 0 Å². The van der Waals surface area contributed by atoms with Gasteiger partial charge in [0, 0.05) is 15.8 Å². The van der Waals surface area contributed by atoms with Crippen molar-refractivity contribution in [2.45, 2.75) is 23.8 Å². The Kier molecular flexibility index (Phi) is 3.76. The second-order valence-electron chi connectivity index (χ2n) is 5.04. The van der Waals surface area contributed by atoms with Gasteiger partial charge in [0.25, 0.3) is 0 Å². The fraction of sp³-hybridized carbons (Fsp3) is 0.111. The van der Waals surface area contributed by atoms with E-state index in [0.29, 0.717) is 5.56 Å². The van der Waals surface area contributed by atoms with E-state index in [0.717, 1.165) is 27.1 Å². The Morgan fingerprint density at radius 3 is 2.57 bits per heavy atom. The van der Waals surface area contributed by atoms with Crippen LogP contribution in [0.2, 0.25) is 0 Å². The van der Waals surface area contributed by atoms with E-state index in [2.05, 4.69) is 37.0 Å². The molecule has 0 N–H and O–H groups in total. The first-order valence-electron chi connectivity index (χ1n) is 6.77. The maximum atomic E-state index is 11.3. The number of benzene rings is 2. The fourth-order valence-electron chi connectivity index (χ4n) is 2.17. The summed E-state index contributed by atoms with van der Waals surface area (Å²) >= 11 is 1.53. The average molecular weight is 293 g/mol. The molecular weight excluding hydrogens is 278 g/mol. The Morgan fingerprint density at radius 1 is 1.00 bits per heavy atom. The Bertz CT molecular complexity index is 827. The molecule has 0 radical (unpaired) electrons. The summed E-state index contributed by atoms with van der Waals surface area (Å²) in [5, 5.41) is 1.75. The summed E-state index contributed by atoms with van der Waals surface area (Å²) < 4.78 is 0. The predicted octanol–water partition coefficient (Wildman–Crippen LogP) is 4.82. The van der Waals surface area contributed by atoms with Crippen LogP contribution in [0.4, 0.5) is 0 Å². The first-order valence-corrected chi connectivity index (χ1v) is 7.59. The van der Waals surface area contributed by atoms with Gasteiger partial charge in [-0.05, 0) is 49.2 Å². The maximum Gasteiger partial charge on any atom is 0.152 e. The molecular formula is C18H15NOS. The van der Waals surface area contributed by atoms with Gasteiger partial charge in [0.05, 0.1) is 5.52 Å². The van der Waals surface area contributed by atoms with E-state index in [1.807, 2.05) is 30.3 Å². The first-order chi connectivity index (χ1) is 10.2. The number of pyridine rings is 1. The minimum atomic E-state index is 0.636. The summed E-state index contributed by atoms with van der Waals surface area (Å²) in [5.74, 6) is 0. The van der Waals surface area contributed by atoms with E-state index in [1.54, 1.807) is 0 Å². The number of rotatable bonds is 3. The van der Waals surface area contributed by atoms with Gasteiger partial charge in [0.2, 0.25) is 0 Å². The van der Waals surface area contributed by atoms with Crippen molar-refractivity contribution in [1.82, 2.24) is 4.98 Å². The molecule has 21 heavy (non-hydrogen) atoms. The lowest BCUT2D eigenvalue weighted by Gasteiger charge is -2.08. The summed E-state index contributed by atoms with van der Waals surface area (Å²) in [6.07, 6.45) is 0.878. The second kappa shape index (κ2) is 5.70. The summed E-state index contributed by atoms with van der Waals surface area (Å²) in [4.78, 5) is 17.1. The number of fused-ring (bicyclic) bond motifs is 1. The van der Waals surface area contributed by atoms with Gasteiger partial charge in [0.15, 0.2) is 6.29 Å². The van der Waals surface area contributed by atoms with Crippen molar-refractivity contribution in [2.75, 3.05) is 0 Å². The van der Waals surface area contributed by atoms with E-state index >= 15 is 0 Å². The Hall–Kier alpha value is -2.13. The maximum absolute atomic E-state index is 11.3. The van der Waals surface area contributed by atoms with Crippen LogP contribution in [-0.4, -0.2) is 11.3 Å². The predicted molar refractivity (Wildman–Crippen MR) is 87.2 cm³/mol. The molecule has 0 aliphatic rings. The molecule has 3 heteroatoms. The molecule has 0 unspecified atom stereocenters. The highest BCUT2D eigenvalue weighted by atomic mass is 32.2. The Balaban J connectivity index is 2.06. The molecule has 2 nitrogen and oxygen atoms in total. The summed E-state index contributed by atoms with van der Waals surface area (Å²) in [6.45, 7) is 4.18. The van der Waals surface area contributed by atoms with Gasteiger partial charge in [-0.25, -0.2) is 4.98 Å². The Morgan fingerprint density at radius 2 is 1.81 bits per heavy atom. The zero-order valence-electron chi connectivity index (χ0n) is 12.0. The number of para-hydroxylation sites is 1. The molecule has 1 aromatic heterocycles. The van der Waals surface area contributed by atoms with Crippen molar-refractivity contribution in [2.24, 2.45) is 0 Å². The SMILES string of the molecule is Cc1ccc(Sc2nc3ccccc3cc2C=O)cc1C. The monoisotopic (exact) mass is 293 g/mol. The van der Waals surface area contributed by atoms with Crippen molar-refractivity contribution in [1.29, 1.82) is 0 Å². The van der Waals surface area contributed by atoms with Crippen LogP contribution in [0.3, 0.4) is 0 Å². The zero-order chi connectivity index (χ0) is 14.8. The molecule has 0 saturated carbocycles. The molecule has 0 aliphatic carbocycles. The highest BCUT2D eigenvalue weighted by Crippen LogP contribution is 2.31. The summed E-state index contributed by atoms with van der Waals surface area (Å²) in [6, 6.07) is 16.0.